The number of hydrogen-bond acceptors (Lipinski definition) is 2. The van der Waals surface area contributed by atoms with E-state index in [0.29, 0.717) is 5.56 Å². The van der Waals surface area contributed by atoms with Gasteiger partial charge in [0.1, 0.15) is 11.9 Å². The zero-order chi connectivity index (χ0) is 9.84. The fraction of sp³-hybridized carbons (Fsp3) is 0.300. The van der Waals surface area contributed by atoms with Crippen molar-refractivity contribution >= 4 is 5.91 Å². The summed E-state index contributed by atoms with van der Waals surface area (Å²) in [4.78, 5) is 11.1. The predicted molar refractivity (Wildman–Crippen MR) is 54.1 cm³/mol. The molecule has 0 heterocycles. The second-order valence-electron chi connectivity index (χ2n) is 2.64. The van der Waals surface area contributed by atoms with Gasteiger partial charge in [0.15, 0.2) is 0 Å². The van der Waals surface area contributed by atoms with E-state index < -0.39 is 6.04 Å². The molecule has 1 atom stereocenters. The van der Waals surface area contributed by atoms with E-state index in [1.165, 1.54) is 31.3 Å². The number of benzene rings is 1. The summed E-state index contributed by atoms with van der Waals surface area (Å²) in [6, 6.07) is 4.81. The molecule has 0 saturated carbocycles. The molecule has 3 nitrogen and oxygen atoms in total. The first-order valence-corrected chi connectivity index (χ1v) is 3.88. The van der Waals surface area contributed by atoms with Crippen molar-refractivity contribution in [3.8, 4) is 0 Å². The smallest absolute Gasteiger partial charge is 0.241 e. The van der Waals surface area contributed by atoms with Gasteiger partial charge < -0.3 is 11.1 Å². The Bertz CT molecular complexity index is 297. The van der Waals surface area contributed by atoms with Crippen molar-refractivity contribution in [3.05, 3.63) is 35.6 Å². The number of carbonyl (C=O) groups excluding carboxylic acids is 1. The van der Waals surface area contributed by atoms with Gasteiger partial charge in [-0.1, -0.05) is 19.6 Å². The van der Waals surface area contributed by atoms with Gasteiger partial charge in [-0.25, -0.2) is 4.39 Å². The highest BCUT2D eigenvalue weighted by atomic mass is 19.1. The maximum atomic E-state index is 12.5. The van der Waals surface area contributed by atoms with Crippen molar-refractivity contribution in [2.24, 2.45) is 5.73 Å². The maximum Gasteiger partial charge on any atom is 0.241 e. The summed E-state index contributed by atoms with van der Waals surface area (Å²) in [5.74, 6) is -0.625. The van der Waals surface area contributed by atoms with E-state index in [9.17, 15) is 9.18 Å². The Hall–Kier alpha value is -1.42. The molecule has 0 saturated heterocycles. The van der Waals surface area contributed by atoms with Gasteiger partial charge in [0.05, 0.1) is 0 Å². The van der Waals surface area contributed by atoms with Crippen molar-refractivity contribution in [2.75, 3.05) is 7.05 Å². The van der Waals surface area contributed by atoms with E-state index in [1.54, 1.807) is 0 Å². The molecule has 0 aromatic heterocycles. The van der Waals surface area contributed by atoms with Crippen LogP contribution in [0.4, 0.5) is 4.39 Å². The molecule has 0 spiro atoms. The molecule has 1 aromatic carbocycles. The van der Waals surface area contributed by atoms with Crippen LogP contribution >= 0.6 is 0 Å². The third-order valence-corrected chi connectivity index (χ3v) is 1.76. The molecule has 0 aliphatic heterocycles. The molecule has 4 heteroatoms. The molecular weight excluding hydrogens is 183 g/mol. The van der Waals surface area contributed by atoms with Crippen LogP contribution in [0.15, 0.2) is 24.3 Å². The molecule has 1 rings (SSSR count). The van der Waals surface area contributed by atoms with Crippen molar-refractivity contribution in [3.63, 3.8) is 0 Å². The first kappa shape index (κ1) is 12.6. The average molecular weight is 198 g/mol. The zero-order valence-electron chi connectivity index (χ0n) is 7.25. The van der Waals surface area contributed by atoms with Crippen molar-refractivity contribution < 1.29 is 9.18 Å². The van der Waals surface area contributed by atoms with Crippen LogP contribution in [-0.4, -0.2) is 13.0 Å². The van der Waals surface area contributed by atoms with E-state index in [2.05, 4.69) is 5.32 Å². The average Bonchev–Trinajstić information content (AvgIpc) is 2.17. The topological polar surface area (TPSA) is 55.1 Å². The van der Waals surface area contributed by atoms with Gasteiger partial charge in [-0.05, 0) is 17.7 Å². The van der Waals surface area contributed by atoms with Crippen molar-refractivity contribution in [1.82, 2.24) is 5.32 Å². The molecule has 1 amide bonds. The molecule has 0 unspecified atom stereocenters. The summed E-state index contributed by atoms with van der Waals surface area (Å²) in [5, 5.41) is 2.42. The Morgan fingerprint density at radius 1 is 1.43 bits per heavy atom. The third kappa shape index (κ3) is 2.81. The van der Waals surface area contributed by atoms with E-state index >= 15 is 0 Å². The van der Waals surface area contributed by atoms with Gasteiger partial charge >= 0.3 is 0 Å². The van der Waals surface area contributed by atoms with E-state index in [1.807, 2.05) is 0 Å². The summed E-state index contributed by atoms with van der Waals surface area (Å²) in [7, 11) is 1.51. The number of hydrogen-bond donors (Lipinski definition) is 2. The molecular formula is C10H15FN2O. The lowest BCUT2D eigenvalue weighted by molar-refractivity contribution is -0.121. The minimum Gasteiger partial charge on any atom is -0.358 e. The van der Waals surface area contributed by atoms with Crippen LogP contribution in [0.3, 0.4) is 0 Å². The summed E-state index contributed by atoms with van der Waals surface area (Å²) >= 11 is 0. The maximum absolute atomic E-state index is 12.5. The minimum absolute atomic E-state index is 0. The molecule has 0 aliphatic rings. The highest BCUT2D eigenvalue weighted by Crippen LogP contribution is 2.10. The molecule has 3 N–H and O–H groups in total. The van der Waals surface area contributed by atoms with Crippen molar-refractivity contribution in [1.29, 1.82) is 0 Å². The highest BCUT2D eigenvalue weighted by Gasteiger charge is 2.13. The lowest BCUT2D eigenvalue weighted by Crippen LogP contribution is -2.31. The van der Waals surface area contributed by atoms with Gasteiger partial charge in [0.25, 0.3) is 0 Å². The summed E-state index contributed by atoms with van der Waals surface area (Å²) < 4.78 is 12.5. The molecule has 0 bridgehead atoms. The van der Waals surface area contributed by atoms with Gasteiger partial charge in [0, 0.05) is 7.05 Å². The van der Waals surface area contributed by atoms with Gasteiger partial charge in [-0.15, -0.1) is 0 Å². The van der Waals surface area contributed by atoms with Gasteiger partial charge in [0.2, 0.25) is 5.91 Å². The number of likely N-dealkylation sites (N-methyl/N-ethyl adjacent to an activating group) is 1. The Morgan fingerprint density at radius 2 is 1.93 bits per heavy atom. The monoisotopic (exact) mass is 198 g/mol. The third-order valence-electron chi connectivity index (χ3n) is 1.76. The number of halogens is 1. The number of carbonyl (C=O) groups is 1. The molecule has 1 aromatic rings. The van der Waals surface area contributed by atoms with E-state index in [0.717, 1.165) is 0 Å². The molecule has 0 radical (unpaired) electrons. The van der Waals surface area contributed by atoms with Crippen LogP contribution in [-0.2, 0) is 4.79 Å². The number of amides is 1. The lowest BCUT2D eigenvalue weighted by atomic mass is 10.1. The summed E-state index contributed by atoms with van der Waals surface area (Å²) in [6.45, 7) is 0. The second-order valence-corrected chi connectivity index (χ2v) is 2.64. The fourth-order valence-corrected chi connectivity index (χ4v) is 0.977. The van der Waals surface area contributed by atoms with E-state index in [-0.39, 0.29) is 19.2 Å². The summed E-state index contributed by atoms with van der Waals surface area (Å²) in [6.07, 6.45) is 0. The Morgan fingerprint density at radius 3 is 2.36 bits per heavy atom. The molecule has 0 fully saturated rings. The fourth-order valence-electron chi connectivity index (χ4n) is 0.977. The van der Waals surface area contributed by atoms with Gasteiger partial charge in [-0.2, -0.15) is 0 Å². The first-order valence-electron chi connectivity index (χ1n) is 3.88. The Kier molecular flexibility index (Phi) is 4.80. The number of nitrogens with one attached hydrogen (secondary N) is 1. The Labute approximate surface area is 83.1 Å². The van der Waals surface area contributed by atoms with Crippen LogP contribution < -0.4 is 11.1 Å². The normalized spacial score (nSPS) is 11.4. The SMILES string of the molecule is C.CNC(=O)[C@@H](N)c1ccc(F)cc1. The standard InChI is InChI=1S/C9H11FN2O.CH4/c1-12-9(13)8(11)6-2-4-7(10)5-3-6;/h2-5,8H,11H2,1H3,(H,12,13);1H4/t8-;/m0./s1. The van der Waals surface area contributed by atoms with Crippen LogP contribution in [0.1, 0.15) is 19.0 Å². The van der Waals surface area contributed by atoms with Crippen molar-refractivity contribution in [2.45, 2.75) is 13.5 Å². The van der Waals surface area contributed by atoms with Crippen LogP contribution in [0.25, 0.3) is 0 Å². The van der Waals surface area contributed by atoms with Gasteiger partial charge in [-0.3, -0.25) is 4.79 Å². The number of rotatable bonds is 2. The summed E-state index contributed by atoms with van der Waals surface area (Å²) in [5.41, 5.74) is 6.16. The first-order chi connectivity index (χ1) is 6.15. The largest absolute Gasteiger partial charge is 0.358 e. The second kappa shape index (κ2) is 5.34. The predicted octanol–water partition coefficient (Wildman–Crippen LogP) is 1.21. The lowest BCUT2D eigenvalue weighted by Gasteiger charge is -2.09. The molecule has 0 aliphatic carbocycles. The van der Waals surface area contributed by atoms with Crippen LogP contribution in [0.5, 0.6) is 0 Å². The molecule has 14 heavy (non-hydrogen) atoms. The van der Waals surface area contributed by atoms with Crippen LogP contribution in [0, 0.1) is 5.82 Å². The highest BCUT2D eigenvalue weighted by molar-refractivity contribution is 5.82. The van der Waals surface area contributed by atoms with E-state index in [4.69, 9.17) is 5.73 Å². The van der Waals surface area contributed by atoms with Crippen LogP contribution in [0.2, 0.25) is 0 Å². The quantitative estimate of drug-likeness (QED) is 0.750. The Balaban J connectivity index is 0.00000169. The minimum atomic E-state index is -0.731. The number of nitrogens with two attached hydrogens (primary N) is 1. The molecule has 78 valence electrons. The zero-order valence-corrected chi connectivity index (χ0v) is 7.25.